The number of pyridine rings is 2. The molecule has 0 aliphatic carbocycles. The second-order valence-corrected chi connectivity index (χ2v) is 5.26. The van der Waals surface area contributed by atoms with Crippen LogP contribution in [0.25, 0.3) is 0 Å². The van der Waals surface area contributed by atoms with Crippen molar-refractivity contribution in [2.75, 3.05) is 23.8 Å². The number of anilines is 3. The van der Waals surface area contributed by atoms with Crippen molar-refractivity contribution in [1.82, 2.24) is 15.3 Å². The number of hydrogen-bond donors (Lipinski definition) is 3. The molecule has 2 rings (SSSR count). The summed E-state index contributed by atoms with van der Waals surface area (Å²) in [7, 11) is 1.74. The Morgan fingerprint density at radius 3 is 2.64 bits per heavy atom. The molecule has 2 heterocycles. The molecule has 8 heteroatoms. The second-order valence-electron chi connectivity index (χ2n) is 5.26. The third kappa shape index (κ3) is 4.23. The summed E-state index contributed by atoms with van der Waals surface area (Å²) in [4.78, 5) is 33.6. The van der Waals surface area contributed by atoms with E-state index in [1.807, 2.05) is 13.0 Å². The molecule has 0 saturated carbocycles. The molecular formula is C17H21N5O3. The molecule has 2 aromatic heterocycles. The minimum absolute atomic E-state index is 0.107. The Balaban J connectivity index is 2.54. The van der Waals surface area contributed by atoms with Crippen molar-refractivity contribution < 1.29 is 14.7 Å². The van der Waals surface area contributed by atoms with Crippen molar-refractivity contribution in [3.63, 3.8) is 0 Å². The number of carboxylic acids is 1. The number of nitrogens with zero attached hydrogens (tertiary/aromatic N) is 3. The van der Waals surface area contributed by atoms with E-state index in [0.29, 0.717) is 30.2 Å². The van der Waals surface area contributed by atoms with Crippen molar-refractivity contribution in [2.45, 2.75) is 20.3 Å². The van der Waals surface area contributed by atoms with E-state index < -0.39 is 12.0 Å². The van der Waals surface area contributed by atoms with Gasteiger partial charge in [0.05, 0.1) is 23.3 Å². The van der Waals surface area contributed by atoms with E-state index in [2.05, 4.69) is 20.6 Å². The summed E-state index contributed by atoms with van der Waals surface area (Å²) in [6.45, 7) is 4.10. The van der Waals surface area contributed by atoms with E-state index in [4.69, 9.17) is 0 Å². The van der Waals surface area contributed by atoms with Gasteiger partial charge in [-0.2, -0.15) is 0 Å². The summed E-state index contributed by atoms with van der Waals surface area (Å²) in [5.74, 6) is -0.779. The summed E-state index contributed by atoms with van der Waals surface area (Å²) in [5.41, 5.74) is 1.66. The molecule has 0 aliphatic rings. The molecule has 0 spiro atoms. The zero-order chi connectivity index (χ0) is 18.4. The Morgan fingerprint density at radius 2 is 2.08 bits per heavy atom. The van der Waals surface area contributed by atoms with Gasteiger partial charge in [-0.25, -0.2) is 14.6 Å². The summed E-state index contributed by atoms with van der Waals surface area (Å²) in [5, 5.41) is 14.9. The fraction of sp³-hybridized carbons (Fsp3) is 0.294. The second kappa shape index (κ2) is 8.09. The zero-order valence-corrected chi connectivity index (χ0v) is 14.4. The molecule has 0 aliphatic heterocycles. The number of amides is 2. The molecule has 0 unspecified atom stereocenters. The first-order chi connectivity index (χ1) is 12.0. The van der Waals surface area contributed by atoms with Crippen molar-refractivity contribution in [2.24, 2.45) is 0 Å². The van der Waals surface area contributed by atoms with Gasteiger partial charge in [0.2, 0.25) is 0 Å². The van der Waals surface area contributed by atoms with Crippen LogP contribution in [0.15, 0.2) is 30.6 Å². The van der Waals surface area contributed by atoms with Crippen LogP contribution in [0.4, 0.5) is 22.0 Å². The zero-order valence-electron chi connectivity index (χ0n) is 14.4. The summed E-state index contributed by atoms with van der Waals surface area (Å²) >= 11 is 0. The van der Waals surface area contributed by atoms with Gasteiger partial charge >= 0.3 is 12.0 Å². The Labute approximate surface area is 145 Å². The number of rotatable bonds is 6. The highest BCUT2D eigenvalue weighted by Crippen LogP contribution is 2.31. The number of aryl methyl sites for hydroxylation is 1. The number of carbonyl (C=O) groups is 2. The standard InChI is InChI=1S/C17H21N5O3/c1-4-12-15(16(23)24)13(22(3)11-7-6-8-18-10-11)9-14(20-12)21-17(25)19-5-2/h6-10H,4-5H2,1-3H3,(H,23,24)(H2,19,20,21,25). The average molecular weight is 343 g/mol. The minimum atomic E-state index is -1.07. The van der Waals surface area contributed by atoms with Gasteiger partial charge in [-0.3, -0.25) is 10.3 Å². The molecule has 132 valence electrons. The fourth-order valence-electron chi connectivity index (χ4n) is 2.41. The number of carboxylic acid groups (broad SMARTS) is 1. The van der Waals surface area contributed by atoms with Gasteiger partial charge < -0.3 is 15.3 Å². The van der Waals surface area contributed by atoms with Crippen molar-refractivity contribution in [3.05, 3.63) is 41.9 Å². The lowest BCUT2D eigenvalue weighted by Crippen LogP contribution is -2.29. The third-order valence-corrected chi connectivity index (χ3v) is 3.60. The van der Waals surface area contributed by atoms with Crippen molar-refractivity contribution in [1.29, 1.82) is 0 Å². The molecule has 25 heavy (non-hydrogen) atoms. The van der Waals surface area contributed by atoms with Crippen LogP contribution in [-0.4, -0.2) is 40.7 Å². The number of aromatic nitrogens is 2. The first-order valence-electron chi connectivity index (χ1n) is 7.93. The maximum Gasteiger partial charge on any atom is 0.339 e. The predicted octanol–water partition coefficient (Wildman–Crippen LogP) is 2.65. The molecule has 3 N–H and O–H groups in total. The highest BCUT2D eigenvalue weighted by atomic mass is 16.4. The number of urea groups is 1. The van der Waals surface area contributed by atoms with Gasteiger partial charge in [-0.1, -0.05) is 6.92 Å². The lowest BCUT2D eigenvalue weighted by atomic mass is 10.1. The van der Waals surface area contributed by atoms with Gasteiger partial charge in [0, 0.05) is 25.9 Å². The van der Waals surface area contributed by atoms with E-state index in [-0.39, 0.29) is 5.56 Å². The van der Waals surface area contributed by atoms with Crippen LogP contribution in [0, 0.1) is 0 Å². The molecule has 0 aromatic carbocycles. The van der Waals surface area contributed by atoms with Gasteiger partial charge in [-0.05, 0) is 25.5 Å². The molecule has 0 radical (unpaired) electrons. The Bertz CT molecular complexity index is 764. The van der Waals surface area contributed by atoms with E-state index in [1.165, 1.54) is 0 Å². The van der Waals surface area contributed by atoms with Crippen molar-refractivity contribution in [3.8, 4) is 0 Å². The quantitative estimate of drug-likeness (QED) is 0.744. The first kappa shape index (κ1) is 18.2. The van der Waals surface area contributed by atoms with Crippen LogP contribution >= 0.6 is 0 Å². The largest absolute Gasteiger partial charge is 0.478 e. The van der Waals surface area contributed by atoms with E-state index in [0.717, 1.165) is 5.69 Å². The van der Waals surface area contributed by atoms with Crippen LogP contribution in [0.5, 0.6) is 0 Å². The monoisotopic (exact) mass is 343 g/mol. The smallest absolute Gasteiger partial charge is 0.339 e. The number of hydrogen-bond acceptors (Lipinski definition) is 5. The number of carbonyl (C=O) groups excluding carboxylic acids is 1. The number of nitrogens with one attached hydrogen (secondary N) is 2. The molecule has 8 nitrogen and oxygen atoms in total. The minimum Gasteiger partial charge on any atom is -0.478 e. The van der Waals surface area contributed by atoms with Crippen LogP contribution in [0.2, 0.25) is 0 Å². The van der Waals surface area contributed by atoms with Gasteiger partial charge in [0.15, 0.2) is 0 Å². The van der Waals surface area contributed by atoms with Crippen LogP contribution in [0.1, 0.15) is 29.9 Å². The Kier molecular flexibility index (Phi) is 5.89. The lowest BCUT2D eigenvalue weighted by Gasteiger charge is -2.23. The summed E-state index contributed by atoms with van der Waals surface area (Å²) in [6, 6.07) is 4.74. The van der Waals surface area contributed by atoms with Crippen molar-refractivity contribution >= 4 is 29.2 Å². The van der Waals surface area contributed by atoms with Crippen LogP contribution in [-0.2, 0) is 6.42 Å². The molecular weight excluding hydrogens is 322 g/mol. The first-order valence-corrected chi connectivity index (χ1v) is 7.93. The van der Waals surface area contributed by atoms with Crippen LogP contribution < -0.4 is 15.5 Å². The highest BCUT2D eigenvalue weighted by Gasteiger charge is 2.22. The summed E-state index contributed by atoms with van der Waals surface area (Å²) in [6.07, 6.45) is 3.69. The molecule has 0 bridgehead atoms. The normalized spacial score (nSPS) is 10.2. The molecule has 2 aromatic rings. The number of aromatic carboxylic acids is 1. The topological polar surface area (TPSA) is 107 Å². The van der Waals surface area contributed by atoms with E-state index in [9.17, 15) is 14.7 Å². The maximum atomic E-state index is 11.8. The average Bonchev–Trinajstić information content (AvgIpc) is 2.60. The third-order valence-electron chi connectivity index (χ3n) is 3.60. The van der Waals surface area contributed by atoms with Gasteiger partial charge in [0.25, 0.3) is 0 Å². The molecule has 0 saturated heterocycles. The molecule has 2 amide bonds. The lowest BCUT2D eigenvalue weighted by molar-refractivity contribution is 0.0696. The van der Waals surface area contributed by atoms with E-state index >= 15 is 0 Å². The molecule has 0 fully saturated rings. The van der Waals surface area contributed by atoms with E-state index in [1.54, 1.807) is 43.4 Å². The SMILES string of the molecule is CCNC(=O)Nc1cc(N(C)c2cccnc2)c(C(=O)O)c(CC)n1. The Morgan fingerprint density at radius 1 is 1.32 bits per heavy atom. The summed E-state index contributed by atoms with van der Waals surface area (Å²) < 4.78 is 0. The highest BCUT2D eigenvalue weighted by molar-refractivity contribution is 5.98. The van der Waals surface area contributed by atoms with Gasteiger partial charge in [0.1, 0.15) is 11.4 Å². The Hall–Kier alpha value is -3.16. The molecule has 0 atom stereocenters. The maximum absolute atomic E-state index is 11.8. The fourth-order valence-corrected chi connectivity index (χ4v) is 2.41. The van der Waals surface area contributed by atoms with Crippen LogP contribution in [0.3, 0.4) is 0 Å². The predicted molar refractivity (Wildman–Crippen MR) is 95.6 cm³/mol. The van der Waals surface area contributed by atoms with Gasteiger partial charge in [-0.15, -0.1) is 0 Å².